The fourth-order valence-corrected chi connectivity index (χ4v) is 8.20. The van der Waals surface area contributed by atoms with Gasteiger partial charge < -0.3 is 13.9 Å². The van der Waals surface area contributed by atoms with E-state index >= 15 is 0 Å². The van der Waals surface area contributed by atoms with Crippen LogP contribution in [0.3, 0.4) is 0 Å². The standard InChI is InChI=1S/C33H53BN11O3S/c1-2-3-19-44(20-6-4-7-21-44)28-31-26-42(39-36-31)17-15-41(33-13-11-30(12-14-33)35-38-34)16-18-43-27-32(37-40-43)29-45(22-8-5-9-23-45)24-10-25-49(46,47)48/h11-14,26-27H,2-10,15-25,28-29H2,1H3/q+1/p+1. The van der Waals surface area contributed by atoms with Crippen LogP contribution in [0.4, 0.5) is 11.4 Å². The lowest BCUT2D eigenvalue weighted by Crippen LogP contribution is -2.51. The van der Waals surface area contributed by atoms with Crippen molar-refractivity contribution in [3.63, 3.8) is 0 Å². The number of hydrogen-bond donors (Lipinski definition) is 1. The highest BCUT2D eigenvalue weighted by atomic mass is 32.2. The number of anilines is 1. The van der Waals surface area contributed by atoms with Crippen molar-refractivity contribution in [3.05, 3.63) is 48.0 Å². The molecule has 2 aliphatic heterocycles. The quantitative estimate of drug-likeness (QED) is 0.0846. The lowest BCUT2D eigenvalue weighted by atomic mass is 10.1. The molecule has 2 aromatic heterocycles. The average Bonchev–Trinajstić information content (AvgIpc) is 3.73. The number of piperidine rings is 2. The van der Waals surface area contributed by atoms with Gasteiger partial charge in [0.1, 0.15) is 24.5 Å². The molecule has 2 fully saturated rings. The highest BCUT2D eigenvalue weighted by Gasteiger charge is 2.32. The van der Waals surface area contributed by atoms with Crippen LogP contribution >= 0.6 is 0 Å². The van der Waals surface area contributed by atoms with Gasteiger partial charge in [0.25, 0.3) is 18.1 Å². The van der Waals surface area contributed by atoms with E-state index in [2.05, 4.69) is 48.8 Å². The zero-order valence-electron chi connectivity index (χ0n) is 29.2. The van der Waals surface area contributed by atoms with Crippen LogP contribution in [0, 0.1) is 0 Å². The van der Waals surface area contributed by atoms with Crippen molar-refractivity contribution in [1.29, 1.82) is 0 Å². The third-order valence-corrected chi connectivity index (χ3v) is 11.1. The van der Waals surface area contributed by atoms with Crippen molar-refractivity contribution < 1.29 is 21.9 Å². The maximum Gasteiger partial charge on any atom is 0.293 e. The highest BCUT2D eigenvalue weighted by Crippen LogP contribution is 2.25. The van der Waals surface area contributed by atoms with Gasteiger partial charge in [0.2, 0.25) is 0 Å². The van der Waals surface area contributed by atoms with Gasteiger partial charge in [0.05, 0.1) is 76.2 Å². The third kappa shape index (κ3) is 11.4. The fraction of sp³-hybridized carbons (Fsp3) is 0.697. The molecule has 0 aliphatic carbocycles. The molecule has 3 aromatic rings. The summed E-state index contributed by atoms with van der Waals surface area (Å²) in [6, 6.07) is 7.86. The minimum absolute atomic E-state index is 0.208. The van der Waals surface area contributed by atoms with Crippen molar-refractivity contribution in [2.45, 2.75) is 90.9 Å². The van der Waals surface area contributed by atoms with E-state index < -0.39 is 10.1 Å². The van der Waals surface area contributed by atoms with E-state index in [1.54, 1.807) is 0 Å². The SMILES string of the molecule is [B]N=Nc1ccc(N(CCn2cc(C[N+]3(CCCC)CCCCC3)nn2)CCn2cc(C[N+]3(CCCS(=O)(=O)O)CCCCC3)nn2)cc1. The number of hydrogen-bond acceptors (Lipinski definition) is 9. The van der Waals surface area contributed by atoms with Gasteiger partial charge in [0, 0.05) is 25.2 Å². The molecule has 2 aliphatic rings. The molecule has 0 spiro atoms. The second-order valence-electron chi connectivity index (χ2n) is 14.1. The van der Waals surface area contributed by atoms with E-state index in [4.69, 9.17) is 7.98 Å². The number of aromatic nitrogens is 6. The van der Waals surface area contributed by atoms with Crippen LogP contribution < -0.4 is 4.90 Å². The molecular weight excluding hydrogens is 641 g/mol. The predicted octanol–water partition coefficient (Wildman–Crippen LogP) is 4.32. The molecule has 0 atom stereocenters. The Morgan fingerprint density at radius 1 is 0.816 bits per heavy atom. The molecule has 2 saturated heterocycles. The Morgan fingerprint density at radius 3 is 1.80 bits per heavy atom. The Morgan fingerprint density at radius 2 is 1.33 bits per heavy atom. The molecule has 4 heterocycles. The van der Waals surface area contributed by atoms with Gasteiger partial charge in [-0.3, -0.25) is 18.9 Å². The fourth-order valence-electron chi connectivity index (χ4n) is 7.70. The van der Waals surface area contributed by atoms with E-state index in [9.17, 15) is 13.0 Å². The van der Waals surface area contributed by atoms with Crippen LogP contribution in [0.5, 0.6) is 0 Å². The van der Waals surface area contributed by atoms with Crippen molar-refractivity contribution in [2.75, 3.05) is 63.0 Å². The molecule has 1 N–H and O–H groups in total. The molecule has 14 nitrogen and oxygen atoms in total. The lowest BCUT2D eigenvalue weighted by Gasteiger charge is -2.41. The first-order chi connectivity index (χ1) is 23.7. The van der Waals surface area contributed by atoms with Crippen molar-refractivity contribution in [1.82, 2.24) is 30.0 Å². The number of rotatable bonds is 19. The molecule has 49 heavy (non-hydrogen) atoms. The second-order valence-corrected chi connectivity index (χ2v) is 15.7. The van der Waals surface area contributed by atoms with E-state index in [1.165, 1.54) is 58.2 Å². The summed E-state index contributed by atoms with van der Waals surface area (Å²) in [5.41, 5.74) is 3.71. The molecule has 266 valence electrons. The Kier molecular flexibility index (Phi) is 13.3. The number of unbranched alkanes of at least 4 members (excludes halogenated alkanes) is 1. The molecule has 0 unspecified atom stereocenters. The summed E-state index contributed by atoms with van der Waals surface area (Å²) in [4.78, 5) is 2.31. The van der Waals surface area contributed by atoms with E-state index in [1.807, 2.05) is 39.8 Å². The Hall–Kier alpha value is -3.21. The topological polar surface area (TPSA) is 144 Å². The number of benzene rings is 1. The third-order valence-electron chi connectivity index (χ3n) is 10.3. The van der Waals surface area contributed by atoms with Crippen molar-refractivity contribution >= 4 is 29.5 Å². The van der Waals surface area contributed by atoms with Crippen molar-refractivity contribution in [3.8, 4) is 0 Å². The zero-order valence-corrected chi connectivity index (χ0v) is 30.0. The van der Waals surface area contributed by atoms with Gasteiger partial charge in [-0.15, -0.1) is 10.2 Å². The van der Waals surface area contributed by atoms with E-state index in [0.717, 1.165) is 65.1 Å². The minimum Gasteiger partial charge on any atom is -0.368 e. The van der Waals surface area contributed by atoms with Gasteiger partial charge in [-0.2, -0.15) is 13.5 Å². The molecule has 16 heteroatoms. The van der Waals surface area contributed by atoms with Gasteiger partial charge in [0.15, 0.2) is 0 Å². The molecule has 0 saturated carbocycles. The maximum atomic E-state index is 11.4. The summed E-state index contributed by atoms with van der Waals surface area (Å²) in [6.07, 6.45) is 14.4. The normalized spacial score (nSPS) is 17.8. The van der Waals surface area contributed by atoms with Crippen LogP contribution in [0.25, 0.3) is 0 Å². The Balaban J connectivity index is 1.23. The minimum atomic E-state index is -3.97. The molecule has 0 amide bonds. The number of nitrogens with zero attached hydrogens (tertiary/aromatic N) is 11. The monoisotopic (exact) mass is 695 g/mol. The molecule has 5 rings (SSSR count). The van der Waals surface area contributed by atoms with Crippen LogP contribution in [0.15, 0.2) is 46.8 Å². The first-order valence-corrected chi connectivity index (χ1v) is 19.7. The van der Waals surface area contributed by atoms with Crippen molar-refractivity contribution in [2.24, 2.45) is 10.1 Å². The largest absolute Gasteiger partial charge is 0.368 e. The molecular formula is C33H54BN11O3S+2. The first kappa shape index (κ1) is 37.1. The summed E-state index contributed by atoms with van der Waals surface area (Å²) in [5, 5.41) is 25.5. The summed E-state index contributed by atoms with van der Waals surface area (Å²) < 4.78 is 37.8. The smallest absolute Gasteiger partial charge is 0.293 e. The summed E-state index contributed by atoms with van der Waals surface area (Å²) in [7, 11) is 1.30. The van der Waals surface area contributed by atoms with Gasteiger partial charge in [-0.05, 0) is 69.2 Å². The predicted molar refractivity (Wildman–Crippen MR) is 190 cm³/mol. The van der Waals surface area contributed by atoms with Crippen LogP contribution in [0.2, 0.25) is 0 Å². The van der Waals surface area contributed by atoms with Gasteiger partial charge in [-0.25, -0.2) is 0 Å². The van der Waals surface area contributed by atoms with Crippen LogP contribution in [0.1, 0.15) is 76.1 Å². The Labute approximate surface area is 292 Å². The first-order valence-electron chi connectivity index (χ1n) is 18.1. The second kappa shape index (κ2) is 17.6. The number of likely N-dealkylation sites (tertiary alicyclic amines) is 2. The number of quaternary nitrogens is 2. The summed E-state index contributed by atoms with van der Waals surface area (Å²) >= 11 is 0. The summed E-state index contributed by atoms with van der Waals surface area (Å²) in [5.74, 6) is -0.208. The average molecular weight is 696 g/mol. The van der Waals surface area contributed by atoms with Gasteiger partial charge >= 0.3 is 0 Å². The lowest BCUT2D eigenvalue weighted by molar-refractivity contribution is -0.945. The van der Waals surface area contributed by atoms with Crippen LogP contribution in [-0.4, -0.2) is 118 Å². The van der Waals surface area contributed by atoms with Crippen LogP contribution in [-0.2, 0) is 36.3 Å². The molecule has 1 aromatic carbocycles. The molecule has 0 bridgehead atoms. The highest BCUT2D eigenvalue weighted by molar-refractivity contribution is 7.85. The van der Waals surface area contributed by atoms with E-state index in [-0.39, 0.29) is 5.75 Å². The van der Waals surface area contributed by atoms with E-state index in [0.29, 0.717) is 44.8 Å². The Bertz CT molecular complexity index is 1570. The van der Waals surface area contributed by atoms with Gasteiger partial charge in [-0.1, -0.05) is 23.8 Å². The summed E-state index contributed by atoms with van der Waals surface area (Å²) in [6.45, 7) is 13.0. The zero-order chi connectivity index (χ0) is 34.6. The molecule has 2 radical (unpaired) electrons. The maximum absolute atomic E-state index is 11.4.